The summed E-state index contributed by atoms with van der Waals surface area (Å²) in [4.78, 5) is 22.7. The van der Waals surface area contributed by atoms with Crippen LogP contribution in [0.15, 0.2) is 30.6 Å². The van der Waals surface area contributed by atoms with Crippen molar-refractivity contribution < 1.29 is 18.7 Å². The third-order valence-electron chi connectivity index (χ3n) is 7.76. The number of carboxylic acid groups (broad SMARTS) is 1. The molecule has 2 atom stereocenters. The number of pyridine rings is 2. The minimum Gasteiger partial charge on any atom is -0.480 e. The van der Waals surface area contributed by atoms with Crippen LogP contribution in [0.5, 0.6) is 0 Å². The Morgan fingerprint density at radius 1 is 1.23 bits per heavy atom. The first-order valence-corrected chi connectivity index (χ1v) is 12.9. The molecule has 35 heavy (non-hydrogen) atoms. The van der Waals surface area contributed by atoms with E-state index < -0.39 is 23.9 Å². The molecule has 3 aliphatic rings. The van der Waals surface area contributed by atoms with E-state index in [0.29, 0.717) is 43.7 Å². The summed E-state index contributed by atoms with van der Waals surface area (Å²) in [6.07, 6.45) is 9.44. The molecule has 2 unspecified atom stereocenters. The predicted octanol–water partition coefficient (Wildman–Crippen LogP) is 5.21. The highest BCUT2D eigenvalue weighted by Gasteiger charge is 2.46. The number of carbonyl (C=O) groups is 1. The molecule has 2 aromatic rings. The van der Waals surface area contributed by atoms with Gasteiger partial charge in [-0.1, -0.05) is 6.07 Å². The van der Waals surface area contributed by atoms with Crippen LogP contribution in [-0.4, -0.2) is 51.5 Å². The number of alkyl halides is 2. The third kappa shape index (κ3) is 5.47. The monoisotopic (exact) mass is 484 g/mol. The molecule has 4 heterocycles. The molecule has 1 saturated heterocycles. The van der Waals surface area contributed by atoms with Crippen LogP contribution in [0.25, 0.3) is 0 Å². The van der Waals surface area contributed by atoms with Crippen molar-refractivity contribution in [2.24, 2.45) is 5.92 Å². The number of hydrogen-bond acceptors (Lipinski definition) is 5. The predicted molar refractivity (Wildman–Crippen MR) is 130 cm³/mol. The molecule has 2 fully saturated rings. The molecule has 188 valence electrons. The van der Waals surface area contributed by atoms with Crippen molar-refractivity contribution in [3.8, 4) is 0 Å². The Balaban J connectivity index is 1.16. The van der Waals surface area contributed by atoms with Gasteiger partial charge in [-0.25, -0.2) is 13.8 Å². The van der Waals surface area contributed by atoms with Gasteiger partial charge in [-0.3, -0.25) is 14.7 Å². The summed E-state index contributed by atoms with van der Waals surface area (Å²) in [5.41, 5.74) is 3.85. The first-order chi connectivity index (χ1) is 16.9. The van der Waals surface area contributed by atoms with Gasteiger partial charge in [0, 0.05) is 49.1 Å². The molecule has 1 aliphatic carbocycles. The zero-order valence-corrected chi connectivity index (χ0v) is 20.1. The summed E-state index contributed by atoms with van der Waals surface area (Å²) in [5, 5.41) is 13.3. The van der Waals surface area contributed by atoms with E-state index in [1.807, 2.05) is 12.1 Å². The molecule has 0 amide bonds. The summed E-state index contributed by atoms with van der Waals surface area (Å²) in [6, 6.07) is 5.09. The summed E-state index contributed by atoms with van der Waals surface area (Å²) >= 11 is 0. The molecule has 8 heteroatoms. The molecule has 1 saturated carbocycles. The van der Waals surface area contributed by atoms with Crippen LogP contribution < -0.4 is 5.32 Å². The number of unbranched alkanes of at least 4 members (excludes halogenated alkanes) is 1. The first kappa shape index (κ1) is 24.1. The van der Waals surface area contributed by atoms with Crippen molar-refractivity contribution >= 4 is 11.8 Å². The van der Waals surface area contributed by atoms with Gasteiger partial charge in [-0.2, -0.15) is 0 Å². The van der Waals surface area contributed by atoms with E-state index >= 15 is 8.78 Å². The number of carboxylic acids is 1. The molecule has 2 aliphatic heterocycles. The van der Waals surface area contributed by atoms with Crippen LogP contribution in [0.1, 0.15) is 79.3 Å². The van der Waals surface area contributed by atoms with Crippen LogP contribution >= 0.6 is 0 Å². The maximum atomic E-state index is 15.1. The van der Waals surface area contributed by atoms with Gasteiger partial charge >= 0.3 is 5.97 Å². The Morgan fingerprint density at radius 3 is 2.89 bits per heavy atom. The van der Waals surface area contributed by atoms with E-state index in [2.05, 4.69) is 21.4 Å². The Kier molecular flexibility index (Phi) is 7.00. The number of aromatic nitrogens is 2. The van der Waals surface area contributed by atoms with Crippen molar-refractivity contribution in [3.63, 3.8) is 0 Å². The molecule has 0 aromatic carbocycles. The molecule has 0 spiro atoms. The minimum absolute atomic E-state index is 0.0982. The molecular weight excluding hydrogens is 450 g/mol. The Labute approximate surface area is 205 Å². The van der Waals surface area contributed by atoms with Gasteiger partial charge in [-0.05, 0) is 87.1 Å². The number of aryl methyl sites for hydroxylation is 2. The van der Waals surface area contributed by atoms with Crippen molar-refractivity contribution in [1.82, 2.24) is 14.9 Å². The number of halogens is 2. The molecule has 0 radical (unpaired) electrons. The van der Waals surface area contributed by atoms with E-state index in [0.717, 1.165) is 49.3 Å². The lowest BCUT2D eigenvalue weighted by molar-refractivity contribution is -0.143. The fraction of sp³-hybridized carbons (Fsp3) is 0.593. The molecule has 2 N–H and O–H groups in total. The number of anilines is 1. The highest BCUT2D eigenvalue weighted by molar-refractivity contribution is 5.76. The smallest absolute Gasteiger partial charge is 0.325 e. The van der Waals surface area contributed by atoms with E-state index in [1.165, 1.54) is 5.56 Å². The average molecular weight is 485 g/mol. The number of fused-ring (bicyclic) bond motifs is 1. The van der Waals surface area contributed by atoms with E-state index in [4.69, 9.17) is 0 Å². The number of nitrogens with one attached hydrogen (secondary N) is 1. The first-order valence-electron chi connectivity index (χ1n) is 12.9. The number of rotatable bonds is 10. The van der Waals surface area contributed by atoms with Crippen molar-refractivity contribution in [2.45, 2.75) is 75.7 Å². The Bertz CT molecular complexity index is 1060. The van der Waals surface area contributed by atoms with Gasteiger partial charge in [-0.15, -0.1) is 0 Å². The van der Waals surface area contributed by atoms with Crippen LogP contribution in [-0.2, 0) is 17.6 Å². The second-order valence-corrected chi connectivity index (χ2v) is 10.3. The van der Waals surface area contributed by atoms with E-state index in [9.17, 15) is 9.90 Å². The zero-order valence-electron chi connectivity index (χ0n) is 20.1. The lowest BCUT2D eigenvalue weighted by Crippen LogP contribution is -2.36. The summed E-state index contributed by atoms with van der Waals surface area (Å²) in [7, 11) is 0. The molecule has 5 rings (SSSR count). The van der Waals surface area contributed by atoms with Gasteiger partial charge in [0.1, 0.15) is 11.9 Å². The topological polar surface area (TPSA) is 78.3 Å². The van der Waals surface area contributed by atoms with Gasteiger partial charge in [0.25, 0.3) is 5.92 Å². The number of nitrogens with zero attached hydrogens (tertiary/aromatic N) is 3. The maximum absolute atomic E-state index is 15.1. The van der Waals surface area contributed by atoms with Gasteiger partial charge in [0.05, 0.1) is 0 Å². The Hall–Kier alpha value is -2.61. The van der Waals surface area contributed by atoms with E-state index in [-0.39, 0.29) is 13.0 Å². The van der Waals surface area contributed by atoms with E-state index in [1.54, 1.807) is 17.3 Å². The normalized spacial score (nSPS) is 21.4. The van der Waals surface area contributed by atoms with Gasteiger partial charge < -0.3 is 10.4 Å². The second kappa shape index (κ2) is 10.2. The largest absolute Gasteiger partial charge is 0.480 e. The molecular formula is C27H34F2N4O2. The van der Waals surface area contributed by atoms with Crippen LogP contribution in [0.4, 0.5) is 14.6 Å². The SMILES string of the molecule is O=C(O)C(c1cnccc1C1CC1)N1CCC(C(F)(F)CCCCc2ccc3c(n2)NCCC3)C1. The third-order valence-corrected chi connectivity index (χ3v) is 7.76. The standard InChI is InChI=1S/C27H34F2N4O2/c28-27(29,12-2-1-5-21-9-8-19-4-3-13-31-25(19)32-21)20-11-15-33(17-20)24(26(34)35)23-16-30-14-10-22(23)18-6-7-18/h8-10,14,16,18,20,24H,1-7,11-13,15,17H2,(H,31,32)(H,34,35). The molecule has 2 aromatic heterocycles. The van der Waals surface area contributed by atoms with Crippen molar-refractivity contribution in [1.29, 1.82) is 0 Å². The lowest BCUT2D eigenvalue weighted by atomic mass is 9.94. The quantitative estimate of drug-likeness (QED) is 0.451. The summed E-state index contributed by atoms with van der Waals surface area (Å²) in [6.45, 7) is 1.39. The summed E-state index contributed by atoms with van der Waals surface area (Å²) < 4.78 is 30.3. The highest BCUT2D eigenvalue weighted by Crippen LogP contribution is 2.45. The lowest BCUT2D eigenvalue weighted by Gasteiger charge is -2.28. The number of hydrogen-bond donors (Lipinski definition) is 2. The van der Waals surface area contributed by atoms with Gasteiger partial charge in [0.15, 0.2) is 0 Å². The van der Waals surface area contributed by atoms with Crippen LogP contribution in [0, 0.1) is 5.92 Å². The average Bonchev–Trinajstić information content (AvgIpc) is 3.58. The van der Waals surface area contributed by atoms with Crippen LogP contribution in [0.2, 0.25) is 0 Å². The zero-order chi connectivity index (χ0) is 24.4. The number of likely N-dealkylation sites (tertiary alicyclic amines) is 1. The molecule has 0 bridgehead atoms. The minimum atomic E-state index is -2.81. The second-order valence-electron chi connectivity index (χ2n) is 10.3. The highest BCUT2D eigenvalue weighted by atomic mass is 19.3. The fourth-order valence-corrected chi connectivity index (χ4v) is 5.64. The van der Waals surface area contributed by atoms with Crippen LogP contribution in [0.3, 0.4) is 0 Å². The fourth-order valence-electron chi connectivity index (χ4n) is 5.64. The number of aliphatic carboxylic acids is 1. The maximum Gasteiger partial charge on any atom is 0.325 e. The van der Waals surface area contributed by atoms with Crippen molar-refractivity contribution in [3.05, 3.63) is 53.0 Å². The molecule has 6 nitrogen and oxygen atoms in total. The van der Waals surface area contributed by atoms with Crippen molar-refractivity contribution in [2.75, 3.05) is 25.0 Å². The van der Waals surface area contributed by atoms with Gasteiger partial charge in [0.2, 0.25) is 0 Å². The summed E-state index contributed by atoms with van der Waals surface area (Å²) in [5.74, 6) is -3.31. The Morgan fingerprint density at radius 2 is 2.09 bits per heavy atom.